The van der Waals surface area contributed by atoms with Gasteiger partial charge < -0.3 is 31.7 Å². The number of aryl methyl sites for hydroxylation is 5. The molecule has 0 saturated carbocycles. The molecule has 0 radical (unpaired) electrons. The van der Waals surface area contributed by atoms with Crippen LogP contribution in [0.25, 0.3) is 22.1 Å². The lowest BCUT2D eigenvalue weighted by molar-refractivity contribution is -0.385. The number of amides is 2. The van der Waals surface area contributed by atoms with E-state index >= 15 is 0 Å². The quantitative estimate of drug-likeness (QED) is 0.0217. The van der Waals surface area contributed by atoms with E-state index in [9.17, 15) is 29.8 Å². The minimum atomic E-state index is -0.524. The average molecular weight is 1500 g/mol. The molecule has 9 heterocycles. The molecule has 8 aromatic heterocycles. The van der Waals surface area contributed by atoms with Gasteiger partial charge in [-0.3, -0.25) is 66.0 Å². The lowest BCUT2D eigenvalue weighted by atomic mass is 9.89. The number of hydrazine groups is 1. The summed E-state index contributed by atoms with van der Waals surface area (Å²) in [5.41, 5.74) is 23.7. The third kappa shape index (κ3) is 31.0. The van der Waals surface area contributed by atoms with Gasteiger partial charge in [-0.15, -0.1) is 24.0 Å². The van der Waals surface area contributed by atoms with Crippen LogP contribution in [0.5, 0.6) is 5.75 Å². The number of anilines is 5. The van der Waals surface area contributed by atoms with Crippen molar-refractivity contribution >= 4 is 98.3 Å². The Bertz CT molecular complexity index is 4270. The number of nitrogens with one attached hydrogen (secondary N) is 3. The number of alkyl halides is 1. The molecule has 2 aromatic carbocycles. The van der Waals surface area contributed by atoms with Crippen LogP contribution in [0.15, 0.2) is 159 Å². The van der Waals surface area contributed by atoms with E-state index in [0.717, 1.165) is 118 Å². The molecule has 28 nitrogen and oxygen atoms in total. The van der Waals surface area contributed by atoms with Crippen molar-refractivity contribution in [1.29, 1.82) is 5.26 Å². The van der Waals surface area contributed by atoms with Crippen LogP contribution in [0.4, 0.5) is 44.9 Å². The van der Waals surface area contributed by atoms with Gasteiger partial charge in [-0.25, -0.2) is 19.1 Å². The van der Waals surface area contributed by atoms with Gasteiger partial charge in [0.2, 0.25) is 0 Å². The van der Waals surface area contributed by atoms with Crippen LogP contribution in [-0.2, 0) is 20.4 Å². The number of hydrogen-bond donors (Lipinski definition) is 6. The molecule has 1 fully saturated rings. The third-order valence-corrected chi connectivity index (χ3v) is 14.7. The Morgan fingerprint density at radius 1 is 0.619 bits per heavy atom. The van der Waals surface area contributed by atoms with E-state index in [4.69, 9.17) is 48.7 Å². The summed E-state index contributed by atoms with van der Waals surface area (Å²) in [5.74, 6) is 7.12. The van der Waals surface area contributed by atoms with Crippen LogP contribution in [0, 0.1) is 71.6 Å². The standard InChI is InChI=1S/C30H36N6O3.C13H18N4.C7H11NO.C6H9N3.C6H6N2O2.C6H8N2.C5H3ClN2O2.CH3Cl.ClH/c1-21-9-10-22(20-31-21)36-28(19-27(34-36)30(2,3)4)33-29(37)32-25-11-12-26(24-8-6-5-7-23(24)25)39-18-15-35-13-16-38-17-14-35;1-9-5-6-10(8-15-9)17-12(14)7-11(16-17)13(2,3)4;1-7(2,3)6(9)4-5-8;1-5-2-3-6(9-7)4-8-5;1-5-2-3-6(4-7-5)8(9)10;1-5-2-3-6(7)4-8-5;6-5-2-1-4(3-7-5)8(9)10;1-2;/h5-12,19-20H,13-18H2,1-4H3,(H2,32,33,37);5-8H,14H2,1-4H3;4H2,1-3H3;2-4,9H,7H2,1H3;2-4H,1H3;2-4H,7H2,1H3;1-3H;1H3;1H. The summed E-state index contributed by atoms with van der Waals surface area (Å²) < 4.78 is 15.0. The van der Waals surface area contributed by atoms with Crippen molar-refractivity contribution < 1.29 is 28.9 Å². The first kappa shape index (κ1) is 88.4. The molecule has 105 heavy (non-hydrogen) atoms. The molecule has 0 unspecified atom stereocenters. The second-order valence-electron chi connectivity index (χ2n) is 26.1. The van der Waals surface area contributed by atoms with E-state index in [1.165, 1.54) is 30.8 Å². The first-order valence-electron chi connectivity index (χ1n) is 32.7. The molecule has 0 bridgehead atoms. The number of benzene rings is 2. The highest BCUT2D eigenvalue weighted by Gasteiger charge is 2.24. The van der Waals surface area contributed by atoms with Crippen molar-refractivity contribution in [2.75, 3.05) is 73.4 Å². The van der Waals surface area contributed by atoms with Crippen molar-refractivity contribution in [2.45, 2.75) is 114 Å². The predicted molar refractivity (Wildman–Crippen MR) is 419 cm³/mol. The number of fused-ring (bicyclic) bond motifs is 1. The molecule has 31 heteroatoms. The monoisotopic (exact) mass is 1500 g/mol. The predicted octanol–water partition coefficient (Wildman–Crippen LogP) is 15.2. The number of nitro groups is 2. The van der Waals surface area contributed by atoms with E-state index in [1.807, 2.05) is 152 Å². The molecule has 1 aliphatic heterocycles. The van der Waals surface area contributed by atoms with E-state index in [-0.39, 0.29) is 63.4 Å². The van der Waals surface area contributed by atoms with Crippen LogP contribution < -0.4 is 38.1 Å². The number of carbonyl (C=O) groups excluding carboxylic acids is 2. The van der Waals surface area contributed by atoms with Crippen molar-refractivity contribution in [3.05, 3.63) is 224 Å². The summed E-state index contributed by atoms with van der Waals surface area (Å²) in [6.07, 6.45) is 10.7. The largest absolute Gasteiger partial charge is 0.492 e. The smallest absolute Gasteiger partial charge is 0.324 e. The number of rotatable bonds is 12. The summed E-state index contributed by atoms with van der Waals surface area (Å²) in [6, 6.07) is 38.0. The highest BCUT2D eigenvalue weighted by atomic mass is 35.5. The Kier molecular flexibility index (Phi) is 36.5. The fourth-order valence-corrected chi connectivity index (χ4v) is 8.58. The number of ketones is 1. The molecular weight excluding hydrogens is 1400 g/mol. The maximum Gasteiger partial charge on any atom is 0.324 e. The molecule has 1 saturated heterocycles. The van der Waals surface area contributed by atoms with Gasteiger partial charge in [0.15, 0.2) is 5.78 Å². The Hall–Kier alpha value is -10.8. The van der Waals surface area contributed by atoms with Gasteiger partial charge in [0, 0.05) is 106 Å². The number of ether oxygens (including phenoxy) is 2. The molecule has 9 N–H and O–H groups in total. The van der Waals surface area contributed by atoms with E-state index in [2.05, 4.69) is 109 Å². The molecule has 0 spiro atoms. The highest BCUT2D eigenvalue weighted by Crippen LogP contribution is 2.33. The lowest BCUT2D eigenvalue weighted by Crippen LogP contribution is -2.38. The summed E-state index contributed by atoms with van der Waals surface area (Å²) in [6.45, 7) is 32.4. The maximum atomic E-state index is 13.2. The van der Waals surface area contributed by atoms with Crippen molar-refractivity contribution in [3.63, 3.8) is 0 Å². The second kappa shape index (κ2) is 43.3. The first-order chi connectivity index (χ1) is 49.1. The van der Waals surface area contributed by atoms with Crippen molar-refractivity contribution in [2.24, 2.45) is 11.3 Å². The van der Waals surface area contributed by atoms with E-state index < -0.39 is 9.85 Å². The van der Waals surface area contributed by atoms with Gasteiger partial charge in [0.1, 0.15) is 41.5 Å². The number of aromatic nitrogens is 10. The van der Waals surface area contributed by atoms with Crippen LogP contribution in [0.3, 0.4) is 0 Å². The van der Waals surface area contributed by atoms with Gasteiger partial charge in [0.05, 0.1) is 100 Å². The number of hydrogen-bond acceptors (Lipinski definition) is 22. The number of nitriles is 1. The number of pyridine rings is 6. The molecule has 560 valence electrons. The molecule has 0 aliphatic carbocycles. The Balaban J connectivity index is 0.000000357. The number of morpholine rings is 1. The number of Topliss-reactive ketones (excluding diaryl/α,β-unsaturated/α-hetero) is 1. The fraction of sp³-hybridized carbons (Fsp3) is 0.338. The normalized spacial score (nSPS) is 11.4. The van der Waals surface area contributed by atoms with Crippen molar-refractivity contribution in [3.8, 4) is 23.2 Å². The van der Waals surface area contributed by atoms with Gasteiger partial charge in [-0.1, -0.05) is 98.2 Å². The summed E-state index contributed by atoms with van der Waals surface area (Å²) in [7, 11) is 0. The van der Waals surface area contributed by atoms with Gasteiger partial charge >= 0.3 is 6.03 Å². The summed E-state index contributed by atoms with van der Waals surface area (Å²) in [5, 5.41) is 45.7. The summed E-state index contributed by atoms with van der Waals surface area (Å²) >= 11 is 10.0. The third-order valence-electron chi connectivity index (χ3n) is 14.5. The Labute approximate surface area is 629 Å². The van der Waals surface area contributed by atoms with Gasteiger partial charge in [0.25, 0.3) is 11.4 Å². The molecule has 11 rings (SSSR count). The maximum absolute atomic E-state index is 13.2. The van der Waals surface area contributed by atoms with Crippen LogP contribution >= 0.6 is 35.6 Å². The summed E-state index contributed by atoms with van der Waals surface area (Å²) in [4.78, 5) is 69.4. The van der Waals surface area contributed by atoms with Crippen molar-refractivity contribution in [1.82, 2.24) is 54.4 Å². The Morgan fingerprint density at radius 3 is 1.53 bits per heavy atom. The minimum absolute atomic E-state index is 0. The second-order valence-corrected chi connectivity index (χ2v) is 26.5. The zero-order valence-corrected chi connectivity index (χ0v) is 64.2. The van der Waals surface area contributed by atoms with Crippen LogP contribution in [0.1, 0.15) is 109 Å². The highest BCUT2D eigenvalue weighted by molar-refractivity contribution is 6.29. The van der Waals surface area contributed by atoms with Gasteiger partial charge in [-0.2, -0.15) is 15.5 Å². The lowest BCUT2D eigenvalue weighted by Gasteiger charge is -2.26. The number of nitrogens with two attached hydrogens (primary N) is 3. The van der Waals surface area contributed by atoms with Crippen LogP contribution in [0.2, 0.25) is 5.15 Å². The first-order valence-corrected chi connectivity index (χ1v) is 33.8. The molecule has 1 aliphatic rings. The minimum Gasteiger partial charge on any atom is -0.492 e. The zero-order chi connectivity index (χ0) is 77.3. The zero-order valence-electron chi connectivity index (χ0n) is 61.9. The Morgan fingerprint density at radius 2 is 1.10 bits per heavy atom. The topological polar surface area (TPSA) is 393 Å². The van der Waals surface area contributed by atoms with E-state index in [1.54, 1.807) is 47.1 Å². The number of nitrogens with zero attached hydrogens (tertiary/aromatic N) is 14. The molecule has 0 atom stereocenters. The molecule has 2 amide bonds. The molecule has 10 aromatic rings. The number of carbonyl (C=O) groups is 2. The average Bonchev–Trinajstić information content (AvgIpc) is 1.73. The van der Waals surface area contributed by atoms with Crippen LogP contribution in [-0.4, -0.2) is 122 Å². The fourth-order valence-electron chi connectivity index (χ4n) is 8.47. The number of urea groups is 1. The SMILES string of the molecule is CC(C)(C)C(=O)CC#N.CCl.Cc1ccc(-n2nc(C(C)(C)C)cc2N)cn1.Cc1ccc(-n2nc(C(C)(C)C)cc2NC(=O)Nc2ccc(OCCN3CCOCC3)c3ccccc23)cn1.Cc1ccc(N)cn1.Cc1ccc(NN)cn1.Cc1ccc([N+](=O)[O-])cn1.Cl.O=[N+]([O-])c1ccc(Cl)nc1. The number of halogens is 3. The van der Waals surface area contributed by atoms with Gasteiger partial charge in [-0.05, 0) is 107 Å². The molecular formula is C74H95Cl3N20O8. The number of nitrogen functional groups attached to an aromatic ring is 3. The van der Waals surface area contributed by atoms with E-state index in [0.29, 0.717) is 23.9 Å².